The summed E-state index contributed by atoms with van der Waals surface area (Å²) in [6.45, 7) is 0. The molecule has 0 radical (unpaired) electrons. The first-order chi connectivity index (χ1) is 15.5. The van der Waals surface area contributed by atoms with Gasteiger partial charge in [-0.25, -0.2) is 4.39 Å². The number of aromatic nitrogens is 3. The predicted octanol–water partition coefficient (Wildman–Crippen LogP) is 7.43. The number of hydrogen-bond acceptors (Lipinski definition) is 3. The number of halogens is 3. The van der Waals surface area contributed by atoms with Crippen molar-refractivity contribution in [3.63, 3.8) is 0 Å². The van der Waals surface area contributed by atoms with E-state index in [9.17, 15) is 8.92 Å². The van der Waals surface area contributed by atoms with Crippen LogP contribution in [0.5, 0.6) is 5.75 Å². The van der Waals surface area contributed by atoms with Crippen molar-refractivity contribution < 1.29 is 13.9 Å². The Labute approximate surface area is 195 Å². The number of benzene rings is 3. The van der Waals surface area contributed by atoms with E-state index in [1.54, 1.807) is 4.68 Å². The first-order valence-electron chi connectivity index (χ1n) is 9.71. The van der Waals surface area contributed by atoms with Gasteiger partial charge in [-0.05, 0) is 76.4 Å². The molecule has 0 atom stereocenters. The molecule has 3 aromatic carbocycles. The van der Waals surface area contributed by atoms with E-state index in [1.165, 1.54) is 30.1 Å². The second kappa shape index (κ2) is 8.44. The van der Waals surface area contributed by atoms with Crippen LogP contribution in [0.3, 0.4) is 0 Å². The summed E-state index contributed by atoms with van der Waals surface area (Å²) in [7, 11) is 1.87. The number of rotatable bonds is 5. The van der Waals surface area contributed by atoms with Crippen molar-refractivity contribution in [3.8, 4) is 28.3 Å². The molecular formula is C24H16BrF2N3OS. The summed E-state index contributed by atoms with van der Waals surface area (Å²) < 4.78 is 32.6. The van der Waals surface area contributed by atoms with E-state index in [2.05, 4.69) is 26.0 Å². The monoisotopic (exact) mass is 511 g/mol. The van der Waals surface area contributed by atoms with Crippen LogP contribution >= 0.6 is 27.9 Å². The highest BCUT2D eigenvalue weighted by molar-refractivity contribution is 9.10. The van der Waals surface area contributed by atoms with Gasteiger partial charge in [-0.3, -0.25) is 13.6 Å². The minimum Gasteiger partial charge on any atom is -0.294 e. The molecule has 0 amide bonds. The van der Waals surface area contributed by atoms with Crippen molar-refractivity contribution in [3.05, 3.63) is 89.3 Å². The molecule has 0 aliphatic carbocycles. The minimum absolute atomic E-state index is 0.0689. The molecule has 0 aliphatic rings. The van der Waals surface area contributed by atoms with Crippen molar-refractivity contribution in [2.75, 3.05) is 0 Å². The molecule has 0 bridgehead atoms. The molecule has 0 unspecified atom stereocenters. The average molecular weight is 512 g/mol. The summed E-state index contributed by atoms with van der Waals surface area (Å²) in [6, 6.07) is 23.6. The Morgan fingerprint density at radius 1 is 0.938 bits per heavy atom. The van der Waals surface area contributed by atoms with Gasteiger partial charge in [0.2, 0.25) is 0 Å². The lowest BCUT2D eigenvalue weighted by Crippen LogP contribution is -1.95. The maximum atomic E-state index is 14.9. The molecule has 5 rings (SSSR count). The zero-order valence-corrected chi connectivity index (χ0v) is 19.2. The van der Waals surface area contributed by atoms with Gasteiger partial charge < -0.3 is 0 Å². The Morgan fingerprint density at radius 2 is 1.75 bits per heavy atom. The fraction of sp³-hybridized carbons (Fsp3) is 0.0417. The lowest BCUT2D eigenvalue weighted by atomic mass is 10.1. The molecule has 8 heteroatoms. The van der Waals surface area contributed by atoms with Gasteiger partial charge in [0.15, 0.2) is 5.75 Å². The van der Waals surface area contributed by atoms with Crippen LogP contribution in [0.2, 0.25) is 0 Å². The predicted molar refractivity (Wildman–Crippen MR) is 127 cm³/mol. The van der Waals surface area contributed by atoms with Crippen molar-refractivity contribution in [2.24, 2.45) is 7.05 Å². The Hall–Kier alpha value is -3.10. The number of aryl methyl sites for hydroxylation is 1. The molecule has 32 heavy (non-hydrogen) atoms. The fourth-order valence-electron chi connectivity index (χ4n) is 3.73. The van der Waals surface area contributed by atoms with Crippen LogP contribution in [0.15, 0.2) is 88.4 Å². The molecule has 0 fully saturated rings. The Bertz CT molecular complexity index is 1430. The Balaban J connectivity index is 1.74. The van der Waals surface area contributed by atoms with Gasteiger partial charge in [-0.15, -0.1) is 0 Å². The highest BCUT2D eigenvalue weighted by Crippen LogP contribution is 2.41. The molecule has 5 aromatic rings. The molecule has 2 aromatic heterocycles. The molecular weight excluding hydrogens is 496 g/mol. The maximum absolute atomic E-state index is 14.9. The quantitative estimate of drug-likeness (QED) is 0.246. The van der Waals surface area contributed by atoms with Crippen molar-refractivity contribution in [2.45, 2.75) is 4.90 Å². The topological polar surface area (TPSA) is 32.0 Å². The molecule has 4 nitrogen and oxygen atoms in total. The third-order valence-corrected chi connectivity index (χ3v) is 6.60. The Morgan fingerprint density at radius 3 is 2.47 bits per heavy atom. The van der Waals surface area contributed by atoms with E-state index in [-0.39, 0.29) is 11.3 Å². The van der Waals surface area contributed by atoms with Gasteiger partial charge in [0.05, 0.1) is 22.5 Å². The summed E-state index contributed by atoms with van der Waals surface area (Å²) in [6.07, 6.45) is 0. The van der Waals surface area contributed by atoms with E-state index < -0.39 is 5.82 Å². The van der Waals surface area contributed by atoms with E-state index in [1.807, 2.05) is 71.7 Å². The second-order valence-corrected chi connectivity index (χ2v) is 9.00. The fourth-order valence-corrected chi connectivity index (χ4v) is 5.18. The van der Waals surface area contributed by atoms with Crippen LogP contribution in [-0.4, -0.2) is 13.8 Å². The van der Waals surface area contributed by atoms with Gasteiger partial charge in [0.25, 0.3) is 0 Å². The van der Waals surface area contributed by atoms with E-state index in [4.69, 9.17) is 0 Å². The van der Waals surface area contributed by atoms with E-state index in [0.717, 1.165) is 31.7 Å². The van der Waals surface area contributed by atoms with Crippen LogP contribution in [0.1, 0.15) is 0 Å². The first-order valence-corrected chi connectivity index (χ1v) is 11.3. The SMILES string of the molecule is Cn1nc(Br)cc1-c1ccc2c(c1)cc(-c1c(F)cccc1OF)n2Sc1ccccc1. The molecule has 160 valence electrons. The lowest BCUT2D eigenvalue weighted by Gasteiger charge is -2.12. The molecule has 2 heterocycles. The third-order valence-electron chi connectivity index (χ3n) is 5.16. The van der Waals surface area contributed by atoms with Gasteiger partial charge in [-0.2, -0.15) is 5.10 Å². The maximum Gasteiger partial charge on any atom is 0.184 e. The Kier molecular flexibility index (Phi) is 5.48. The van der Waals surface area contributed by atoms with Crippen LogP contribution in [0.4, 0.5) is 8.92 Å². The summed E-state index contributed by atoms with van der Waals surface area (Å²) in [5.74, 6) is -0.729. The molecule has 0 aliphatic heterocycles. The third kappa shape index (κ3) is 3.69. The molecule has 0 N–H and O–H groups in total. The smallest absolute Gasteiger partial charge is 0.184 e. The van der Waals surface area contributed by atoms with Gasteiger partial charge in [-0.1, -0.05) is 30.3 Å². The zero-order chi connectivity index (χ0) is 22.2. The molecule has 0 saturated carbocycles. The zero-order valence-electron chi connectivity index (χ0n) is 16.8. The van der Waals surface area contributed by atoms with Gasteiger partial charge in [0.1, 0.15) is 10.4 Å². The van der Waals surface area contributed by atoms with Crippen LogP contribution in [0, 0.1) is 5.82 Å². The molecule has 0 spiro atoms. The minimum atomic E-state index is -0.561. The van der Waals surface area contributed by atoms with Crippen molar-refractivity contribution in [1.82, 2.24) is 13.8 Å². The number of hydrogen-bond donors (Lipinski definition) is 0. The summed E-state index contributed by atoms with van der Waals surface area (Å²) in [5, 5.41) is 5.23. The van der Waals surface area contributed by atoms with Gasteiger partial charge in [0, 0.05) is 27.4 Å². The summed E-state index contributed by atoms with van der Waals surface area (Å²) in [5.41, 5.74) is 3.33. The standard InChI is InChI=1S/C24H16BrF2N3OS/c1-29-20(14-23(25)28-29)15-10-11-19-16(12-15)13-21(24-18(26)8-5-9-22(24)31-27)30(19)32-17-6-3-2-4-7-17/h2-14H,1H3. The molecule has 0 saturated heterocycles. The number of fused-ring (bicyclic) bond motifs is 1. The first kappa shape index (κ1) is 20.8. The van der Waals surface area contributed by atoms with Crippen molar-refractivity contribution in [1.29, 1.82) is 0 Å². The van der Waals surface area contributed by atoms with E-state index >= 15 is 0 Å². The average Bonchev–Trinajstić information content (AvgIpc) is 3.32. The van der Waals surface area contributed by atoms with Crippen LogP contribution in [-0.2, 0) is 7.05 Å². The van der Waals surface area contributed by atoms with Crippen molar-refractivity contribution >= 4 is 38.8 Å². The highest BCUT2D eigenvalue weighted by Gasteiger charge is 2.21. The summed E-state index contributed by atoms with van der Waals surface area (Å²) in [4.78, 5) is 4.98. The van der Waals surface area contributed by atoms with Gasteiger partial charge >= 0.3 is 0 Å². The van der Waals surface area contributed by atoms with E-state index in [0.29, 0.717) is 5.69 Å². The highest BCUT2D eigenvalue weighted by atomic mass is 79.9. The van der Waals surface area contributed by atoms with Crippen LogP contribution < -0.4 is 4.94 Å². The largest absolute Gasteiger partial charge is 0.294 e. The lowest BCUT2D eigenvalue weighted by molar-refractivity contribution is -0.00578. The second-order valence-electron chi connectivity index (χ2n) is 7.17. The van der Waals surface area contributed by atoms with Crippen LogP contribution in [0.25, 0.3) is 33.4 Å². The summed E-state index contributed by atoms with van der Waals surface area (Å²) >= 11 is 4.84. The normalized spacial score (nSPS) is 11.2. The number of nitrogens with zero attached hydrogens (tertiary/aromatic N) is 3.